The van der Waals surface area contributed by atoms with Crippen molar-refractivity contribution >= 4 is 22.0 Å². The molecule has 2 atom stereocenters. The standard InChI is InChI=1S/C32H37NO6S/c1-23-19-24(2)31(25(3)20-23)40(36,37)33-29(21-26-11-7-5-8-12-26)17-15-28(32(35)38-4)16-18-30(34)39-22-27-13-9-6-10-14-27/h5-15,17,19-20,28-29,33H,16,18,21-22H2,1-4H3/b17-15+/t28-,29+/m0/s1. The fourth-order valence-electron chi connectivity index (χ4n) is 4.66. The highest BCUT2D eigenvalue weighted by Crippen LogP contribution is 2.23. The van der Waals surface area contributed by atoms with Gasteiger partial charge < -0.3 is 9.47 Å². The molecule has 212 valence electrons. The predicted molar refractivity (Wildman–Crippen MR) is 155 cm³/mol. The Balaban J connectivity index is 1.78. The molecule has 1 N–H and O–H groups in total. The number of ether oxygens (including phenoxy) is 2. The van der Waals surface area contributed by atoms with Crippen LogP contribution in [0.1, 0.15) is 40.7 Å². The maximum atomic E-state index is 13.5. The minimum atomic E-state index is -3.88. The smallest absolute Gasteiger partial charge is 0.312 e. The number of hydrogen-bond donors (Lipinski definition) is 1. The molecule has 7 nitrogen and oxygen atoms in total. The van der Waals surface area contributed by atoms with Crippen molar-refractivity contribution in [3.63, 3.8) is 0 Å². The van der Waals surface area contributed by atoms with Gasteiger partial charge in [-0.3, -0.25) is 9.59 Å². The van der Waals surface area contributed by atoms with Gasteiger partial charge in [-0.25, -0.2) is 13.1 Å². The Kier molecular flexibility index (Phi) is 11.2. The fraction of sp³-hybridized carbons (Fsp3) is 0.312. The van der Waals surface area contributed by atoms with Crippen molar-refractivity contribution in [2.75, 3.05) is 7.11 Å². The number of rotatable bonds is 13. The molecule has 3 aromatic carbocycles. The van der Waals surface area contributed by atoms with Crippen molar-refractivity contribution in [3.8, 4) is 0 Å². The molecule has 0 spiro atoms. The number of aryl methyl sites for hydroxylation is 3. The highest BCUT2D eigenvalue weighted by molar-refractivity contribution is 7.89. The molecule has 3 rings (SSSR count). The topological polar surface area (TPSA) is 98.8 Å². The number of esters is 2. The second-order valence-corrected chi connectivity index (χ2v) is 11.5. The van der Waals surface area contributed by atoms with Crippen LogP contribution < -0.4 is 4.72 Å². The van der Waals surface area contributed by atoms with Crippen molar-refractivity contribution in [1.82, 2.24) is 4.72 Å². The van der Waals surface area contributed by atoms with Gasteiger partial charge in [0, 0.05) is 12.5 Å². The van der Waals surface area contributed by atoms with Gasteiger partial charge in [-0.05, 0) is 55.9 Å². The first-order chi connectivity index (χ1) is 19.1. The molecule has 0 heterocycles. The van der Waals surface area contributed by atoms with E-state index >= 15 is 0 Å². The van der Waals surface area contributed by atoms with Gasteiger partial charge in [0.1, 0.15) is 6.61 Å². The van der Waals surface area contributed by atoms with Crippen LogP contribution in [0, 0.1) is 26.7 Å². The zero-order valence-electron chi connectivity index (χ0n) is 23.4. The molecular weight excluding hydrogens is 526 g/mol. The zero-order valence-corrected chi connectivity index (χ0v) is 24.2. The van der Waals surface area contributed by atoms with Crippen molar-refractivity contribution < 1.29 is 27.5 Å². The van der Waals surface area contributed by atoms with Crippen LogP contribution in [0.25, 0.3) is 0 Å². The number of methoxy groups -OCH3 is 1. The fourth-order valence-corrected chi connectivity index (χ4v) is 6.31. The lowest BCUT2D eigenvalue weighted by atomic mass is 10.00. The monoisotopic (exact) mass is 563 g/mol. The van der Waals surface area contributed by atoms with Gasteiger partial charge >= 0.3 is 11.9 Å². The molecule has 0 aliphatic carbocycles. The van der Waals surface area contributed by atoms with Crippen LogP contribution in [0.2, 0.25) is 0 Å². The van der Waals surface area contributed by atoms with E-state index in [9.17, 15) is 18.0 Å². The van der Waals surface area contributed by atoms with E-state index in [0.717, 1.165) is 16.7 Å². The predicted octanol–water partition coefficient (Wildman–Crippen LogP) is 5.37. The molecule has 3 aromatic rings. The first-order valence-electron chi connectivity index (χ1n) is 13.2. The summed E-state index contributed by atoms with van der Waals surface area (Å²) in [5.41, 5.74) is 4.10. The molecule has 0 bridgehead atoms. The maximum absolute atomic E-state index is 13.5. The largest absolute Gasteiger partial charge is 0.469 e. The average Bonchev–Trinajstić information content (AvgIpc) is 2.91. The highest BCUT2D eigenvalue weighted by Gasteiger charge is 2.24. The number of carbonyl (C=O) groups is 2. The Hall–Kier alpha value is -3.75. The lowest BCUT2D eigenvalue weighted by Gasteiger charge is -2.19. The zero-order chi connectivity index (χ0) is 29.1. The van der Waals surface area contributed by atoms with E-state index in [0.29, 0.717) is 17.5 Å². The molecule has 0 saturated carbocycles. The molecule has 0 saturated heterocycles. The van der Waals surface area contributed by atoms with Crippen molar-refractivity contribution in [1.29, 1.82) is 0 Å². The molecule has 0 radical (unpaired) electrons. The first-order valence-corrected chi connectivity index (χ1v) is 14.7. The second kappa shape index (κ2) is 14.6. The van der Waals surface area contributed by atoms with Crippen molar-refractivity contribution in [3.05, 3.63) is 113 Å². The third-order valence-electron chi connectivity index (χ3n) is 6.46. The van der Waals surface area contributed by atoms with Gasteiger partial charge in [0.05, 0.1) is 17.9 Å². The highest BCUT2D eigenvalue weighted by atomic mass is 32.2. The molecule has 40 heavy (non-hydrogen) atoms. The Labute approximate surface area is 237 Å². The Bertz CT molecular complexity index is 1400. The van der Waals surface area contributed by atoms with Crippen molar-refractivity contribution in [2.45, 2.75) is 57.6 Å². The normalized spacial score (nSPS) is 13.1. The number of nitrogens with one attached hydrogen (secondary N) is 1. The summed E-state index contributed by atoms with van der Waals surface area (Å²) < 4.78 is 40.2. The van der Waals surface area contributed by atoms with Crippen LogP contribution in [-0.4, -0.2) is 33.5 Å². The van der Waals surface area contributed by atoms with E-state index in [2.05, 4.69) is 4.72 Å². The molecule has 0 fully saturated rings. The molecule has 0 aliphatic heterocycles. The van der Waals surface area contributed by atoms with E-state index in [1.807, 2.05) is 79.7 Å². The van der Waals surface area contributed by atoms with Crippen LogP contribution in [0.15, 0.2) is 89.8 Å². The number of carbonyl (C=O) groups excluding carboxylic acids is 2. The molecule has 0 amide bonds. The Morgan fingerprint density at radius 1 is 0.875 bits per heavy atom. The minimum absolute atomic E-state index is 0.00771. The number of hydrogen-bond acceptors (Lipinski definition) is 6. The van der Waals surface area contributed by atoms with E-state index in [-0.39, 0.29) is 24.3 Å². The van der Waals surface area contributed by atoms with Crippen LogP contribution in [0.4, 0.5) is 0 Å². The van der Waals surface area contributed by atoms with Gasteiger partial charge in [-0.2, -0.15) is 0 Å². The quantitative estimate of drug-likeness (QED) is 0.222. The van der Waals surface area contributed by atoms with Crippen LogP contribution in [0.5, 0.6) is 0 Å². The minimum Gasteiger partial charge on any atom is -0.469 e. The lowest BCUT2D eigenvalue weighted by molar-refractivity contribution is -0.147. The van der Waals surface area contributed by atoms with Crippen LogP contribution >= 0.6 is 0 Å². The third kappa shape index (κ3) is 9.17. The SMILES string of the molecule is COC(=O)[C@@H](/C=C/[C@H](Cc1ccccc1)NS(=O)(=O)c1c(C)cc(C)cc1C)CCC(=O)OCc1ccccc1. The maximum Gasteiger partial charge on any atom is 0.312 e. The lowest BCUT2D eigenvalue weighted by Crippen LogP contribution is -2.36. The van der Waals surface area contributed by atoms with Crippen molar-refractivity contribution in [2.24, 2.45) is 5.92 Å². The van der Waals surface area contributed by atoms with Gasteiger partial charge in [0.2, 0.25) is 10.0 Å². The van der Waals surface area contributed by atoms with Gasteiger partial charge in [-0.15, -0.1) is 0 Å². The summed E-state index contributed by atoms with van der Waals surface area (Å²) >= 11 is 0. The summed E-state index contributed by atoms with van der Waals surface area (Å²) in [6.45, 7) is 5.63. The van der Waals surface area contributed by atoms with Gasteiger partial charge in [-0.1, -0.05) is 90.5 Å². The summed E-state index contributed by atoms with van der Waals surface area (Å²) in [5, 5.41) is 0. The summed E-state index contributed by atoms with van der Waals surface area (Å²) in [4.78, 5) is 25.1. The molecule has 8 heteroatoms. The van der Waals surface area contributed by atoms with E-state index < -0.39 is 33.9 Å². The molecular formula is C32H37NO6S. The van der Waals surface area contributed by atoms with E-state index in [4.69, 9.17) is 9.47 Å². The van der Waals surface area contributed by atoms with Crippen LogP contribution in [0.3, 0.4) is 0 Å². The number of benzene rings is 3. The summed E-state index contributed by atoms with van der Waals surface area (Å²) in [5.74, 6) is -1.70. The average molecular weight is 564 g/mol. The summed E-state index contributed by atoms with van der Waals surface area (Å²) in [7, 11) is -2.60. The van der Waals surface area contributed by atoms with Crippen LogP contribution in [-0.2, 0) is 42.1 Å². The number of sulfonamides is 1. The van der Waals surface area contributed by atoms with Gasteiger partial charge in [0.15, 0.2) is 0 Å². The molecule has 0 aliphatic rings. The second-order valence-electron chi connectivity index (χ2n) is 9.84. The summed E-state index contributed by atoms with van der Waals surface area (Å²) in [6.07, 6.45) is 3.82. The third-order valence-corrected chi connectivity index (χ3v) is 8.25. The Morgan fingerprint density at radius 2 is 1.45 bits per heavy atom. The van der Waals surface area contributed by atoms with E-state index in [1.165, 1.54) is 7.11 Å². The summed E-state index contributed by atoms with van der Waals surface area (Å²) in [6, 6.07) is 21.9. The molecule has 0 unspecified atom stereocenters. The Morgan fingerprint density at radius 3 is 2.02 bits per heavy atom. The van der Waals surface area contributed by atoms with Gasteiger partial charge in [0.25, 0.3) is 0 Å². The van der Waals surface area contributed by atoms with E-state index in [1.54, 1.807) is 26.0 Å². The first kappa shape index (κ1) is 30.8. The molecule has 0 aromatic heterocycles.